The molecule has 1 aromatic heterocycles. The summed E-state index contributed by atoms with van der Waals surface area (Å²) >= 11 is 0. The van der Waals surface area contributed by atoms with Gasteiger partial charge in [0.05, 0.1) is 11.4 Å². The highest BCUT2D eigenvalue weighted by molar-refractivity contribution is 5.66. The molecule has 4 heteroatoms. The van der Waals surface area contributed by atoms with Crippen molar-refractivity contribution < 1.29 is 0 Å². The zero-order valence-electron chi connectivity index (χ0n) is 12.2. The molecule has 1 saturated heterocycles. The Hall–Kier alpha value is -1.19. The van der Waals surface area contributed by atoms with Crippen molar-refractivity contribution in [2.45, 2.75) is 46.5 Å². The molecule has 0 atom stereocenters. The Morgan fingerprint density at radius 3 is 2.72 bits per heavy atom. The first-order valence-electron chi connectivity index (χ1n) is 7.01. The molecule has 0 spiro atoms. The van der Waals surface area contributed by atoms with E-state index in [0.29, 0.717) is 5.41 Å². The third-order valence-corrected chi connectivity index (χ3v) is 3.82. The second-order valence-electron chi connectivity index (χ2n) is 6.25. The van der Waals surface area contributed by atoms with Gasteiger partial charge in [-0.2, -0.15) is 5.10 Å². The number of hydrogen-bond acceptors (Lipinski definition) is 3. The topological polar surface area (TPSA) is 47.1 Å². The first-order chi connectivity index (χ1) is 8.44. The lowest BCUT2D eigenvalue weighted by molar-refractivity contribution is 0.291. The van der Waals surface area contributed by atoms with Crippen LogP contribution in [0.3, 0.4) is 0 Å². The summed E-state index contributed by atoms with van der Waals surface area (Å²) < 4.78 is 1.96. The van der Waals surface area contributed by atoms with Gasteiger partial charge in [-0.15, -0.1) is 0 Å². The maximum absolute atomic E-state index is 6.28. The molecule has 102 valence electrons. The van der Waals surface area contributed by atoms with Gasteiger partial charge in [-0.3, -0.25) is 4.68 Å². The Morgan fingerprint density at radius 2 is 2.11 bits per heavy atom. The predicted octanol–water partition coefficient (Wildman–Crippen LogP) is 2.58. The van der Waals surface area contributed by atoms with Crippen LogP contribution in [0.5, 0.6) is 0 Å². The zero-order valence-corrected chi connectivity index (χ0v) is 12.2. The van der Waals surface area contributed by atoms with Gasteiger partial charge >= 0.3 is 0 Å². The highest BCUT2D eigenvalue weighted by atomic mass is 15.4. The Kier molecular flexibility index (Phi) is 3.55. The number of nitrogens with two attached hydrogens (primary N) is 1. The van der Waals surface area contributed by atoms with Gasteiger partial charge in [0.1, 0.15) is 5.82 Å². The predicted molar refractivity (Wildman–Crippen MR) is 76.8 cm³/mol. The fraction of sp³-hybridized carbons (Fsp3) is 0.786. The molecule has 0 aliphatic carbocycles. The molecule has 0 radical (unpaired) electrons. The van der Waals surface area contributed by atoms with Crippen molar-refractivity contribution in [3.05, 3.63) is 5.69 Å². The summed E-state index contributed by atoms with van der Waals surface area (Å²) in [4.78, 5) is 2.41. The highest BCUT2D eigenvalue weighted by Crippen LogP contribution is 2.35. The minimum Gasteiger partial charge on any atom is -0.394 e. The Balaban J connectivity index is 2.27. The first kappa shape index (κ1) is 13.2. The maximum atomic E-state index is 6.28. The normalized spacial score (nSPS) is 19.2. The number of rotatable bonds is 3. The van der Waals surface area contributed by atoms with E-state index in [4.69, 9.17) is 5.73 Å². The molecule has 0 saturated carbocycles. The van der Waals surface area contributed by atoms with Crippen LogP contribution >= 0.6 is 0 Å². The first-order valence-corrected chi connectivity index (χ1v) is 7.01. The van der Waals surface area contributed by atoms with E-state index in [2.05, 4.69) is 30.8 Å². The van der Waals surface area contributed by atoms with Gasteiger partial charge in [0.2, 0.25) is 0 Å². The van der Waals surface area contributed by atoms with Crippen molar-refractivity contribution in [3.8, 4) is 0 Å². The molecule has 2 N–H and O–H groups in total. The fourth-order valence-electron chi connectivity index (χ4n) is 2.99. The Labute approximate surface area is 110 Å². The Morgan fingerprint density at radius 1 is 1.39 bits per heavy atom. The van der Waals surface area contributed by atoms with Crippen LogP contribution in [0.25, 0.3) is 0 Å². The van der Waals surface area contributed by atoms with Crippen molar-refractivity contribution in [3.63, 3.8) is 0 Å². The number of aromatic nitrogens is 2. The minimum absolute atomic E-state index is 0.375. The van der Waals surface area contributed by atoms with Gasteiger partial charge < -0.3 is 10.6 Å². The molecule has 1 fully saturated rings. The van der Waals surface area contributed by atoms with Crippen LogP contribution in [-0.2, 0) is 13.5 Å². The molecule has 4 nitrogen and oxygen atoms in total. The zero-order chi connectivity index (χ0) is 13.3. The van der Waals surface area contributed by atoms with Crippen LogP contribution in [0.15, 0.2) is 0 Å². The Bertz CT molecular complexity index is 420. The van der Waals surface area contributed by atoms with E-state index in [1.807, 2.05) is 11.7 Å². The molecule has 1 aromatic rings. The maximum Gasteiger partial charge on any atom is 0.150 e. The summed E-state index contributed by atoms with van der Waals surface area (Å²) in [5, 5.41) is 4.57. The summed E-state index contributed by atoms with van der Waals surface area (Å²) in [5.41, 5.74) is 8.60. The van der Waals surface area contributed by atoms with Crippen molar-refractivity contribution in [2.24, 2.45) is 12.5 Å². The highest BCUT2D eigenvalue weighted by Gasteiger charge is 2.29. The van der Waals surface area contributed by atoms with E-state index in [-0.39, 0.29) is 0 Å². The SMILES string of the molecule is CCCc1nn(C)c(N2CCCC(C)(C)C2)c1N. The molecule has 18 heavy (non-hydrogen) atoms. The standard InChI is InChI=1S/C14H26N4/c1-5-7-11-12(15)13(17(4)16-11)18-9-6-8-14(2,3)10-18/h5-10,15H2,1-4H3. The lowest BCUT2D eigenvalue weighted by Crippen LogP contribution is -2.41. The lowest BCUT2D eigenvalue weighted by atomic mass is 9.84. The van der Waals surface area contributed by atoms with Crippen molar-refractivity contribution in [2.75, 3.05) is 23.7 Å². The van der Waals surface area contributed by atoms with Crippen LogP contribution in [0.1, 0.15) is 45.7 Å². The summed E-state index contributed by atoms with van der Waals surface area (Å²) in [6.45, 7) is 9.00. The molecule has 1 aliphatic heterocycles. The molecule has 0 unspecified atom stereocenters. The van der Waals surface area contributed by atoms with E-state index in [0.717, 1.165) is 43.1 Å². The van der Waals surface area contributed by atoms with Crippen molar-refractivity contribution in [1.82, 2.24) is 9.78 Å². The van der Waals surface area contributed by atoms with Gasteiger partial charge in [-0.05, 0) is 24.7 Å². The number of piperidine rings is 1. The molecule has 2 rings (SSSR count). The third kappa shape index (κ3) is 2.47. The van der Waals surface area contributed by atoms with Crippen LogP contribution in [-0.4, -0.2) is 22.9 Å². The average molecular weight is 250 g/mol. The second kappa shape index (κ2) is 4.82. The van der Waals surface area contributed by atoms with Gasteiger partial charge in [0.15, 0.2) is 0 Å². The van der Waals surface area contributed by atoms with Crippen LogP contribution in [0.2, 0.25) is 0 Å². The number of nitrogen functional groups attached to an aromatic ring is 1. The number of anilines is 2. The van der Waals surface area contributed by atoms with Crippen LogP contribution in [0, 0.1) is 5.41 Å². The molecular formula is C14H26N4. The number of hydrogen-bond donors (Lipinski definition) is 1. The van der Waals surface area contributed by atoms with Crippen molar-refractivity contribution >= 4 is 11.5 Å². The van der Waals surface area contributed by atoms with Crippen molar-refractivity contribution in [1.29, 1.82) is 0 Å². The van der Waals surface area contributed by atoms with Crippen LogP contribution < -0.4 is 10.6 Å². The lowest BCUT2D eigenvalue weighted by Gasteiger charge is -2.39. The largest absolute Gasteiger partial charge is 0.394 e. The van der Waals surface area contributed by atoms with E-state index >= 15 is 0 Å². The van der Waals surface area contributed by atoms with E-state index in [9.17, 15) is 0 Å². The van der Waals surface area contributed by atoms with Gasteiger partial charge in [-0.1, -0.05) is 27.2 Å². The quantitative estimate of drug-likeness (QED) is 0.897. The second-order valence-corrected chi connectivity index (χ2v) is 6.25. The van der Waals surface area contributed by atoms with Gasteiger partial charge in [0.25, 0.3) is 0 Å². The summed E-state index contributed by atoms with van der Waals surface area (Å²) in [7, 11) is 2.01. The molecule has 0 amide bonds. The number of aryl methyl sites for hydroxylation is 2. The molecular weight excluding hydrogens is 224 g/mol. The summed E-state index contributed by atoms with van der Waals surface area (Å²) in [6.07, 6.45) is 4.59. The third-order valence-electron chi connectivity index (χ3n) is 3.82. The molecule has 1 aliphatic rings. The smallest absolute Gasteiger partial charge is 0.150 e. The molecule has 2 heterocycles. The monoisotopic (exact) mass is 250 g/mol. The van der Waals surface area contributed by atoms with E-state index in [1.165, 1.54) is 12.8 Å². The molecule has 0 bridgehead atoms. The average Bonchev–Trinajstić information content (AvgIpc) is 2.53. The number of nitrogens with zero attached hydrogens (tertiary/aromatic N) is 3. The van der Waals surface area contributed by atoms with Gasteiger partial charge in [0, 0.05) is 20.1 Å². The summed E-state index contributed by atoms with van der Waals surface area (Å²) in [6, 6.07) is 0. The van der Waals surface area contributed by atoms with Crippen LogP contribution in [0.4, 0.5) is 11.5 Å². The van der Waals surface area contributed by atoms with Gasteiger partial charge in [-0.25, -0.2) is 0 Å². The minimum atomic E-state index is 0.375. The fourth-order valence-corrected chi connectivity index (χ4v) is 2.99. The summed E-state index contributed by atoms with van der Waals surface area (Å²) in [5.74, 6) is 1.12. The molecule has 0 aromatic carbocycles. The van der Waals surface area contributed by atoms with E-state index in [1.54, 1.807) is 0 Å². The van der Waals surface area contributed by atoms with E-state index < -0.39 is 0 Å².